The second-order valence-electron chi connectivity index (χ2n) is 6.43. The molecule has 6 heteroatoms. The summed E-state index contributed by atoms with van der Waals surface area (Å²) in [5.74, 6) is 0. The van der Waals surface area contributed by atoms with Crippen molar-refractivity contribution < 1.29 is 18.4 Å². The molecule has 0 atom stereocenters. The number of para-hydroxylation sites is 1. The van der Waals surface area contributed by atoms with Crippen molar-refractivity contribution in [2.45, 2.75) is 6.18 Å². The Bertz CT molecular complexity index is 1190. The average molecular weight is 392 g/mol. The van der Waals surface area contributed by atoms with Crippen molar-refractivity contribution in [3.8, 4) is 11.1 Å². The quantitative estimate of drug-likeness (QED) is 0.258. The molecule has 0 saturated heterocycles. The monoisotopic (exact) mass is 392 g/mol. The molecule has 0 unspecified atom stereocenters. The summed E-state index contributed by atoms with van der Waals surface area (Å²) < 4.78 is 40.6. The molecule has 29 heavy (non-hydrogen) atoms. The third kappa shape index (κ3) is 3.45. The van der Waals surface area contributed by atoms with Gasteiger partial charge in [-0.05, 0) is 11.6 Å². The number of pyridine rings is 1. The lowest BCUT2D eigenvalue weighted by Crippen LogP contribution is -2.10. The van der Waals surface area contributed by atoms with E-state index in [1.165, 1.54) is 12.3 Å². The van der Waals surface area contributed by atoms with E-state index in [0.29, 0.717) is 27.6 Å². The largest absolute Gasteiger partial charge is 0.418 e. The summed E-state index contributed by atoms with van der Waals surface area (Å²) >= 11 is 0. The number of hydrogen-bond acceptors (Lipinski definition) is 3. The molecule has 0 bridgehead atoms. The smallest absolute Gasteiger partial charge is 0.410 e. The molecule has 144 valence electrons. The Hall–Kier alpha value is -3.67. The van der Waals surface area contributed by atoms with E-state index < -0.39 is 11.7 Å². The number of aromatic nitrogens is 1. The van der Waals surface area contributed by atoms with E-state index in [1.807, 2.05) is 12.1 Å². The lowest BCUT2D eigenvalue weighted by Gasteiger charge is -2.17. The van der Waals surface area contributed by atoms with Gasteiger partial charge in [0.2, 0.25) is 0 Å². The number of oxime groups is 1. The normalized spacial score (nSPS) is 12.3. The summed E-state index contributed by atoms with van der Waals surface area (Å²) in [4.78, 5) is 4.12. The molecule has 1 aromatic heterocycles. The van der Waals surface area contributed by atoms with Gasteiger partial charge in [-0.25, -0.2) is 0 Å². The van der Waals surface area contributed by atoms with Crippen LogP contribution < -0.4 is 0 Å². The predicted molar refractivity (Wildman–Crippen MR) is 106 cm³/mol. The van der Waals surface area contributed by atoms with Crippen LogP contribution in [0.25, 0.3) is 22.0 Å². The number of hydrogen-bond donors (Lipinski definition) is 1. The highest BCUT2D eigenvalue weighted by Gasteiger charge is 2.34. The van der Waals surface area contributed by atoms with Gasteiger partial charge in [0.05, 0.1) is 11.1 Å². The molecule has 0 amide bonds. The van der Waals surface area contributed by atoms with Crippen LogP contribution in [0, 0.1) is 0 Å². The average Bonchev–Trinajstić information content (AvgIpc) is 2.74. The van der Waals surface area contributed by atoms with Crippen molar-refractivity contribution in [3.63, 3.8) is 0 Å². The molecule has 0 fully saturated rings. The zero-order valence-electron chi connectivity index (χ0n) is 15.1. The summed E-state index contributed by atoms with van der Waals surface area (Å²) in [6.45, 7) is 0. The molecule has 0 radical (unpaired) electrons. The number of fused-ring (bicyclic) bond motifs is 1. The first-order valence-electron chi connectivity index (χ1n) is 8.83. The molecule has 3 aromatic carbocycles. The Kier molecular flexibility index (Phi) is 4.76. The maximum Gasteiger partial charge on any atom is 0.418 e. The first-order valence-corrected chi connectivity index (χ1v) is 8.83. The van der Waals surface area contributed by atoms with Gasteiger partial charge in [0, 0.05) is 28.3 Å². The third-order valence-electron chi connectivity index (χ3n) is 4.67. The maximum atomic E-state index is 13.5. The molecule has 4 rings (SSSR count). The van der Waals surface area contributed by atoms with Crippen molar-refractivity contribution in [2.24, 2.45) is 5.16 Å². The van der Waals surface area contributed by atoms with Gasteiger partial charge in [-0.2, -0.15) is 13.2 Å². The Morgan fingerprint density at radius 1 is 0.828 bits per heavy atom. The van der Waals surface area contributed by atoms with Crippen LogP contribution in [0.3, 0.4) is 0 Å². The van der Waals surface area contributed by atoms with Gasteiger partial charge in [0.25, 0.3) is 0 Å². The lowest BCUT2D eigenvalue weighted by atomic mass is 9.91. The number of nitrogens with zero attached hydrogens (tertiary/aromatic N) is 2. The molecule has 0 spiro atoms. The van der Waals surface area contributed by atoms with E-state index in [0.717, 1.165) is 6.07 Å². The highest BCUT2D eigenvalue weighted by atomic mass is 19.4. The van der Waals surface area contributed by atoms with Crippen LogP contribution in [0.5, 0.6) is 0 Å². The second kappa shape index (κ2) is 7.39. The van der Waals surface area contributed by atoms with Crippen molar-refractivity contribution in [1.82, 2.24) is 4.98 Å². The van der Waals surface area contributed by atoms with Gasteiger partial charge in [-0.3, -0.25) is 4.98 Å². The lowest BCUT2D eigenvalue weighted by molar-refractivity contribution is -0.136. The summed E-state index contributed by atoms with van der Waals surface area (Å²) in [5, 5.41) is 13.5. The van der Waals surface area contributed by atoms with E-state index in [4.69, 9.17) is 0 Å². The molecule has 4 aromatic rings. The van der Waals surface area contributed by atoms with Crippen LogP contribution in [-0.4, -0.2) is 15.9 Å². The van der Waals surface area contributed by atoms with E-state index >= 15 is 0 Å². The van der Waals surface area contributed by atoms with Gasteiger partial charge in [0.15, 0.2) is 0 Å². The summed E-state index contributed by atoms with van der Waals surface area (Å²) in [5.41, 5.74) is 1.58. The van der Waals surface area contributed by atoms with Gasteiger partial charge < -0.3 is 5.21 Å². The first kappa shape index (κ1) is 18.7. The highest BCUT2D eigenvalue weighted by Crippen LogP contribution is 2.39. The Morgan fingerprint density at radius 3 is 2.10 bits per heavy atom. The van der Waals surface area contributed by atoms with Gasteiger partial charge in [-0.1, -0.05) is 78.0 Å². The Labute approximate surface area is 164 Å². The molecule has 0 saturated carbocycles. The van der Waals surface area contributed by atoms with Crippen LogP contribution in [0.4, 0.5) is 13.2 Å². The van der Waals surface area contributed by atoms with Gasteiger partial charge >= 0.3 is 6.18 Å². The zero-order chi connectivity index (χ0) is 20.4. The van der Waals surface area contributed by atoms with E-state index in [9.17, 15) is 18.4 Å². The first-order chi connectivity index (χ1) is 14.0. The fourth-order valence-corrected chi connectivity index (χ4v) is 3.41. The number of alkyl halides is 3. The molecule has 0 aliphatic rings. The highest BCUT2D eigenvalue weighted by molar-refractivity contribution is 6.19. The number of halogens is 3. The maximum absolute atomic E-state index is 13.5. The van der Waals surface area contributed by atoms with E-state index in [1.54, 1.807) is 54.6 Å². The molecule has 3 nitrogen and oxygen atoms in total. The molecule has 0 aliphatic carbocycles. The van der Waals surface area contributed by atoms with Crippen molar-refractivity contribution in [2.75, 3.05) is 0 Å². The topological polar surface area (TPSA) is 45.5 Å². The fourth-order valence-electron chi connectivity index (χ4n) is 3.41. The van der Waals surface area contributed by atoms with E-state index in [-0.39, 0.29) is 11.2 Å². The van der Waals surface area contributed by atoms with Crippen molar-refractivity contribution in [1.29, 1.82) is 0 Å². The fraction of sp³-hybridized carbons (Fsp3) is 0.0435. The molecule has 1 heterocycles. The number of rotatable bonds is 3. The van der Waals surface area contributed by atoms with Crippen LogP contribution in [0.2, 0.25) is 0 Å². The summed E-state index contributed by atoms with van der Waals surface area (Å²) in [7, 11) is 0. The minimum atomic E-state index is -4.53. The standard InChI is InChI=1S/C23H15F3N2O/c24-23(25,26)19-13-7-12-17-20(15-8-3-1-4-9-15)18(14-27-22(17)19)21(28-29)16-10-5-2-6-11-16/h1-14,29H/b28-21+. The van der Waals surface area contributed by atoms with Crippen molar-refractivity contribution >= 4 is 16.6 Å². The molecule has 1 N–H and O–H groups in total. The van der Waals surface area contributed by atoms with Crippen LogP contribution in [-0.2, 0) is 6.18 Å². The second-order valence-corrected chi connectivity index (χ2v) is 6.43. The SMILES string of the molecule is O/N=C(\c1ccccc1)c1cnc2c(C(F)(F)F)cccc2c1-c1ccccc1. The predicted octanol–water partition coefficient (Wildman–Crippen LogP) is 6.15. The molecular weight excluding hydrogens is 377 g/mol. The number of benzene rings is 3. The van der Waals surface area contributed by atoms with E-state index in [2.05, 4.69) is 10.1 Å². The minimum absolute atomic E-state index is 0.145. The third-order valence-corrected chi connectivity index (χ3v) is 4.67. The summed E-state index contributed by atoms with van der Waals surface area (Å²) in [6.07, 6.45) is -3.20. The van der Waals surface area contributed by atoms with Gasteiger partial charge in [0.1, 0.15) is 5.71 Å². The minimum Gasteiger partial charge on any atom is -0.410 e. The van der Waals surface area contributed by atoms with Crippen LogP contribution in [0.15, 0.2) is 90.2 Å². The Balaban J connectivity index is 2.09. The summed E-state index contributed by atoms with van der Waals surface area (Å²) in [6, 6.07) is 22.0. The van der Waals surface area contributed by atoms with Crippen molar-refractivity contribution in [3.05, 3.63) is 102 Å². The van der Waals surface area contributed by atoms with Gasteiger partial charge in [-0.15, -0.1) is 0 Å². The van der Waals surface area contributed by atoms with Crippen LogP contribution in [0.1, 0.15) is 16.7 Å². The van der Waals surface area contributed by atoms with Crippen LogP contribution >= 0.6 is 0 Å². The molecular formula is C23H15F3N2O. The molecule has 0 aliphatic heterocycles. The zero-order valence-corrected chi connectivity index (χ0v) is 15.1. The Morgan fingerprint density at radius 2 is 1.48 bits per heavy atom.